The van der Waals surface area contributed by atoms with Crippen LogP contribution in [0.15, 0.2) is 85.2 Å². The summed E-state index contributed by atoms with van der Waals surface area (Å²) in [6.07, 6.45) is 3.67. The molecule has 5 rings (SSSR count). The molecule has 11 heteroatoms. The minimum atomic E-state index is -1.25. The molecule has 0 radical (unpaired) electrons. The smallest absolute Gasteiger partial charge is 0.250 e. The summed E-state index contributed by atoms with van der Waals surface area (Å²) in [5, 5.41) is 4.34. The van der Waals surface area contributed by atoms with Gasteiger partial charge in [-0.2, -0.15) is 0 Å². The summed E-state index contributed by atoms with van der Waals surface area (Å²) >= 11 is 6.14. The molecule has 0 aliphatic carbocycles. The molecule has 1 aliphatic rings. The lowest BCUT2D eigenvalue weighted by Gasteiger charge is -2.36. The largest absolute Gasteiger partial charge is 0.368 e. The van der Waals surface area contributed by atoms with Crippen LogP contribution in [0.25, 0.3) is 10.8 Å². The Balaban J connectivity index is 1.46. The minimum Gasteiger partial charge on any atom is -0.368 e. The summed E-state index contributed by atoms with van der Waals surface area (Å²) in [5.41, 5.74) is 7.78. The lowest BCUT2D eigenvalue weighted by molar-refractivity contribution is -0.148. The fourth-order valence-electron chi connectivity index (χ4n) is 5.85. The van der Waals surface area contributed by atoms with Crippen LogP contribution in [0.2, 0.25) is 5.02 Å². The number of nitrogens with one attached hydrogen (secondary N) is 1. The summed E-state index contributed by atoms with van der Waals surface area (Å²) in [7, 11) is 0. The van der Waals surface area contributed by atoms with Gasteiger partial charge in [0, 0.05) is 31.4 Å². The average molecular weight is 630 g/mol. The van der Waals surface area contributed by atoms with Crippen LogP contribution >= 0.6 is 11.6 Å². The van der Waals surface area contributed by atoms with Gasteiger partial charge in [-0.3, -0.25) is 24.2 Å². The summed E-state index contributed by atoms with van der Waals surface area (Å²) < 4.78 is 14.2. The molecule has 1 aliphatic heterocycles. The third-order valence-corrected chi connectivity index (χ3v) is 8.44. The SMILES string of the molecule is C[C@@H]1CCN(C(Cc2cccc3ccccc23)C(N)=O)C(=O)[C@H](c2ccc(F)c(Cl)c2)N1C(=O)CNC(=O)Cc1ccncc1. The molecule has 3 N–H and O–H groups in total. The van der Waals surface area contributed by atoms with Crippen molar-refractivity contribution < 1.29 is 23.6 Å². The number of nitrogens with two attached hydrogens (primary N) is 1. The molecule has 0 saturated carbocycles. The van der Waals surface area contributed by atoms with Gasteiger partial charge in [0.2, 0.25) is 17.7 Å². The molecule has 2 heterocycles. The molecule has 0 bridgehead atoms. The van der Waals surface area contributed by atoms with E-state index >= 15 is 0 Å². The number of aromatic nitrogens is 1. The van der Waals surface area contributed by atoms with Gasteiger partial charge in [-0.1, -0.05) is 60.1 Å². The van der Waals surface area contributed by atoms with Gasteiger partial charge in [0.25, 0.3) is 5.91 Å². The fourth-order valence-corrected chi connectivity index (χ4v) is 6.04. The van der Waals surface area contributed by atoms with Crippen molar-refractivity contribution in [1.29, 1.82) is 0 Å². The number of pyridine rings is 1. The Morgan fingerprint density at radius 3 is 2.53 bits per heavy atom. The van der Waals surface area contributed by atoms with E-state index in [1.165, 1.54) is 21.9 Å². The molecule has 1 fully saturated rings. The Bertz CT molecular complexity index is 1730. The van der Waals surface area contributed by atoms with Crippen LogP contribution in [0, 0.1) is 5.82 Å². The van der Waals surface area contributed by atoms with Crippen LogP contribution in [-0.2, 0) is 32.0 Å². The second-order valence-corrected chi connectivity index (χ2v) is 11.5. The highest BCUT2D eigenvalue weighted by atomic mass is 35.5. The quantitative estimate of drug-likeness (QED) is 0.290. The normalized spacial score (nSPS) is 17.5. The third-order valence-electron chi connectivity index (χ3n) is 8.15. The number of benzene rings is 3. The first-order valence-electron chi connectivity index (χ1n) is 14.6. The molecule has 9 nitrogen and oxygen atoms in total. The Morgan fingerprint density at radius 2 is 1.80 bits per heavy atom. The number of primary amides is 1. The average Bonchev–Trinajstić information content (AvgIpc) is 3.16. The number of fused-ring (bicyclic) bond motifs is 1. The fraction of sp³-hybridized carbons (Fsp3) is 0.265. The molecule has 0 spiro atoms. The van der Waals surface area contributed by atoms with Crippen molar-refractivity contribution in [3.05, 3.63) is 113 Å². The zero-order valence-electron chi connectivity index (χ0n) is 24.7. The number of nitrogens with zero attached hydrogens (tertiary/aromatic N) is 3. The van der Waals surface area contributed by atoms with Crippen molar-refractivity contribution in [3.8, 4) is 0 Å². The predicted molar refractivity (Wildman–Crippen MR) is 168 cm³/mol. The lowest BCUT2D eigenvalue weighted by atomic mass is 9.96. The van der Waals surface area contributed by atoms with Crippen LogP contribution in [0.3, 0.4) is 0 Å². The first-order valence-corrected chi connectivity index (χ1v) is 15.0. The second-order valence-electron chi connectivity index (χ2n) is 11.1. The Kier molecular flexibility index (Phi) is 9.73. The molecule has 1 saturated heterocycles. The van der Waals surface area contributed by atoms with E-state index in [0.717, 1.165) is 28.0 Å². The van der Waals surface area contributed by atoms with Crippen molar-refractivity contribution in [2.75, 3.05) is 13.1 Å². The van der Waals surface area contributed by atoms with E-state index in [9.17, 15) is 23.6 Å². The maximum Gasteiger partial charge on any atom is 0.250 e. The van der Waals surface area contributed by atoms with Crippen LogP contribution in [-0.4, -0.2) is 63.6 Å². The molecule has 45 heavy (non-hydrogen) atoms. The van der Waals surface area contributed by atoms with E-state index < -0.39 is 41.7 Å². The number of carbonyl (C=O) groups is 4. The van der Waals surface area contributed by atoms with Crippen LogP contribution < -0.4 is 11.1 Å². The number of hydrogen-bond donors (Lipinski definition) is 2. The first-order chi connectivity index (χ1) is 21.6. The zero-order chi connectivity index (χ0) is 32.1. The van der Waals surface area contributed by atoms with E-state index in [0.29, 0.717) is 6.42 Å². The van der Waals surface area contributed by atoms with Crippen LogP contribution in [0.5, 0.6) is 0 Å². The van der Waals surface area contributed by atoms with Gasteiger partial charge in [-0.15, -0.1) is 0 Å². The standard InChI is InChI=1S/C34H33ClFN5O4/c1-21-13-16-40(29(33(37)44)19-24-7-4-6-23-5-2-3-8-26(23)24)34(45)32(25-9-10-28(36)27(35)18-25)41(21)31(43)20-39-30(42)17-22-11-14-38-15-12-22/h2-12,14-15,18,21,29,32H,13,16-17,19-20H2,1H3,(H2,37,44)(H,39,42)/t21-,29?,32+/m1/s1. The van der Waals surface area contributed by atoms with Gasteiger partial charge < -0.3 is 20.9 Å². The van der Waals surface area contributed by atoms with Crippen molar-refractivity contribution in [2.24, 2.45) is 5.73 Å². The van der Waals surface area contributed by atoms with Crippen molar-refractivity contribution in [3.63, 3.8) is 0 Å². The van der Waals surface area contributed by atoms with E-state index in [4.69, 9.17) is 17.3 Å². The van der Waals surface area contributed by atoms with Gasteiger partial charge in [0.15, 0.2) is 0 Å². The van der Waals surface area contributed by atoms with Crippen molar-refractivity contribution in [2.45, 2.75) is 44.3 Å². The van der Waals surface area contributed by atoms with Crippen molar-refractivity contribution in [1.82, 2.24) is 20.1 Å². The maximum absolute atomic E-state index is 14.5. The number of halogens is 2. The van der Waals surface area contributed by atoms with Gasteiger partial charge in [-0.25, -0.2) is 4.39 Å². The highest BCUT2D eigenvalue weighted by molar-refractivity contribution is 6.30. The van der Waals surface area contributed by atoms with E-state index in [2.05, 4.69) is 10.3 Å². The summed E-state index contributed by atoms with van der Waals surface area (Å²) in [5.74, 6) is -2.82. The van der Waals surface area contributed by atoms with Gasteiger partial charge in [0.05, 0.1) is 18.0 Å². The molecule has 4 aromatic rings. The highest BCUT2D eigenvalue weighted by Gasteiger charge is 2.43. The highest BCUT2D eigenvalue weighted by Crippen LogP contribution is 2.33. The first kappa shape index (κ1) is 31.6. The van der Waals surface area contributed by atoms with E-state index in [-0.39, 0.29) is 42.4 Å². The molecule has 3 atom stereocenters. The molecular formula is C34H33ClFN5O4. The molecule has 1 aromatic heterocycles. The maximum atomic E-state index is 14.5. The monoisotopic (exact) mass is 629 g/mol. The zero-order valence-corrected chi connectivity index (χ0v) is 25.4. The molecule has 3 aromatic carbocycles. The van der Waals surface area contributed by atoms with E-state index in [1.807, 2.05) is 42.5 Å². The van der Waals surface area contributed by atoms with Gasteiger partial charge >= 0.3 is 0 Å². The Labute approximate surface area is 265 Å². The third kappa shape index (κ3) is 7.12. The molecule has 4 amide bonds. The Morgan fingerprint density at radius 1 is 1.07 bits per heavy atom. The number of hydrogen-bond acceptors (Lipinski definition) is 5. The summed E-state index contributed by atoms with van der Waals surface area (Å²) in [4.78, 5) is 60.6. The number of amides is 4. The summed E-state index contributed by atoms with van der Waals surface area (Å²) in [6.45, 7) is 1.56. The van der Waals surface area contributed by atoms with Gasteiger partial charge in [-0.05, 0) is 65.1 Å². The number of carbonyl (C=O) groups excluding carboxylic acids is 4. The predicted octanol–water partition coefficient (Wildman–Crippen LogP) is 3.97. The summed E-state index contributed by atoms with van der Waals surface area (Å²) in [6, 6.07) is 17.9. The van der Waals surface area contributed by atoms with Crippen LogP contribution in [0.1, 0.15) is 36.1 Å². The Hall–Kier alpha value is -4.83. The molecular weight excluding hydrogens is 597 g/mol. The van der Waals surface area contributed by atoms with E-state index in [1.54, 1.807) is 31.5 Å². The number of rotatable bonds is 9. The molecule has 232 valence electrons. The minimum absolute atomic E-state index is 0.0452. The second kappa shape index (κ2) is 13.9. The lowest BCUT2D eigenvalue weighted by Crippen LogP contribution is -2.53. The molecule has 1 unspecified atom stereocenters. The van der Waals surface area contributed by atoms with Crippen molar-refractivity contribution >= 4 is 46.0 Å². The topological polar surface area (TPSA) is 126 Å². The van der Waals surface area contributed by atoms with Gasteiger partial charge in [0.1, 0.15) is 17.9 Å². The van der Waals surface area contributed by atoms with Crippen LogP contribution in [0.4, 0.5) is 4.39 Å².